The van der Waals surface area contributed by atoms with Gasteiger partial charge >= 0.3 is 19.4 Å². The first-order chi connectivity index (χ1) is 16.8. The van der Waals surface area contributed by atoms with Crippen LogP contribution in [0.4, 0.5) is 0 Å². The second-order valence-corrected chi connectivity index (χ2v) is 11.3. The standard InChI is InChI=1S/C21H28BClN3O9P/c1-4-32-18(29)20(2,3)25-36(31,35-13-8-6-5-7-9-13)33-12-14-16(28)21(22,23)17(34-14)26-11-10-15(27)24-19(26)30/h5-11,14,16-17,28H,4,12,22H2,1-3H3,(H,25,31)(H,24,27,30)/t14-,16-,17-,21+,36?/m1/s1. The summed E-state index contributed by atoms with van der Waals surface area (Å²) in [5, 5.41) is 13.4. The Morgan fingerprint density at radius 1 is 1.33 bits per heavy atom. The van der Waals surface area contributed by atoms with Crippen LogP contribution >= 0.6 is 19.3 Å². The van der Waals surface area contributed by atoms with Crippen molar-refractivity contribution in [3.8, 4) is 5.75 Å². The van der Waals surface area contributed by atoms with Crippen molar-refractivity contribution in [2.24, 2.45) is 0 Å². The van der Waals surface area contributed by atoms with Crippen molar-refractivity contribution in [1.29, 1.82) is 0 Å². The third-order valence-corrected chi connectivity index (χ3v) is 7.58. The molecule has 196 valence electrons. The normalized spacial score (nSPS) is 25.8. The minimum Gasteiger partial charge on any atom is -0.465 e. The molecular formula is C21H28BClN3O9P. The number of halogens is 1. The molecule has 5 atom stereocenters. The van der Waals surface area contributed by atoms with Gasteiger partial charge in [-0.2, -0.15) is 5.09 Å². The van der Waals surface area contributed by atoms with Gasteiger partial charge in [-0.1, -0.05) is 18.2 Å². The molecule has 1 aliphatic rings. The first kappa shape index (κ1) is 28.2. The van der Waals surface area contributed by atoms with Crippen molar-refractivity contribution in [3.63, 3.8) is 0 Å². The molecular weight excluding hydrogens is 515 g/mol. The quantitative estimate of drug-likeness (QED) is 0.167. The molecule has 1 aromatic carbocycles. The van der Waals surface area contributed by atoms with E-state index in [4.69, 9.17) is 30.1 Å². The molecule has 12 nitrogen and oxygen atoms in total. The van der Waals surface area contributed by atoms with Gasteiger partial charge in [0, 0.05) is 12.3 Å². The molecule has 1 unspecified atom stereocenters. The van der Waals surface area contributed by atoms with Crippen LogP contribution in [0.3, 0.4) is 0 Å². The molecule has 36 heavy (non-hydrogen) atoms. The van der Waals surface area contributed by atoms with Crippen LogP contribution in [0.1, 0.15) is 27.0 Å². The SMILES string of the molecule is B[C@]1(Cl)[C@H](O)[C@@H](COP(=O)(NC(C)(C)C(=O)OCC)Oc2ccccc2)O[C@H]1n1ccc(=O)[nH]c1=O. The Morgan fingerprint density at radius 2 is 2.00 bits per heavy atom. The van der Waals surface area contributed by atoms with E-state index in [1.807, 2.05) is 0 Å². The molecule has 2 heterocycles. The molecule has 1 aromatic heterocycles. The number of alkyl halides is 1. The first-order valence-electron chi connectivity index (χ1n) is 11.1. The van der Waals surface area contributed by atoms with Gasteiger partial charge in [-0.05, 0) is 32.9 Å². The number of aromatic nitrogens is 2. The summed E-state index contributed by atoms with van der Waals surface area (Å²) in [4.78, 5) is 38.2. The topological polar surface area (TPSA) is 158 Å². The number of carbonyl (C=O) groups excluding carboxylic acids is 1. The first-order valence-corrected chi connectivity index (χ1v) is 13.0. The van der Waals surface area contributed by atoms with Gasteiger partial charge < -0.3 is 19.1 Å². The Kier molecular flexibility index (Phi) is 8.54. The zero-order valence-corrected chi connectivity index (χ0v) is 21.8. The number of hydrogen-bond donors (Lipinski definition) is 3. The van der Waals surface area contributed by atoms with Crippen LogP contribution in [0.2, 0.25) is 0 Å². The summed E-state index contributed by atoms with van der Waals surface area (Å²) in [5.41, 5.74) is -2.87. The fraction of sp³-hybridized carbons (Fsp3) is 0.476. The zero-order valence-electron chi connectivity index (χ0n) is 20.2. The van der Waals surface area contributed by atoms with E-state index in [0.29, 0.717) is 0 Å². The minimum absolute atomic E-state index is 0.108. The smallest absolute Gasteiger partial charge is 0.459 e. The van der Waals surface area contributed by atoms with Gasteiger partial charge in [0.1, 0.15) is 25.2 Å². The van der Waals surface area contributed by atoms with E-state index in [1.165, 1.54) is 27.9 Å². The van der Waals surface area contributed by atoms with E-state index in [0.717, 1.165) is 10.6 Å². The van der Waals surface area contributed by atoms with Crippen LogP contribution in [0.5, 0.6) is 5.75 Å². The van der Waals surface area contributed by atoms with E-state index in [2.05, 4.69) is 10.1 Å². The van der Waals surface area contributed by atoms with E-state index >= 15 is 0 Å². The number of nitrogens with one attached hydrogen (secondary N) is 2. The van der Waals surface area contributed by atoms with Crippen molar-refractivity contribution in [2.75, 3.05) is 13.2 Å². The largest absolute Gasteiger partial charge is 0.465 e. The number of aliphatic hydroxyl groups is 1. The number of ether oxygens (including phenoxy) is 2. The highest BCUT2D eigenvalue weighted by Crippen LogP contribution is 2.48. The molecule has 0 amide bonds. The second-order valence-electron chi connectivity index (χ2n) is 8.80. The maximum absolute atomic E-state index is 13.7. The number of aliphatic hydroxyl groups excluding tert-OH is 1. The van der Waals surface area contributed by atoms with Crippen molar-refractivity contribution in [1.82, 2.24) is 14.6 Å². The summed E-state index contributed by atoms with van der Waals surface area (Å²) in [6.45, 7) is 4.15. The van der Waals surface area contributed by atoms with E-state index in [9.17, 15) is 24.1 Å². The van der Waals surface area contributed by atoms with Crippen LogP contribution in [0.15, 0.2) is 52.2 Å². The molecule has 1 saturated heterocycles. The predicted molar refractivity (Wildman–Crippen MR) is 133 cm³/mol. The van der Waals surface area contributed by atoms with Crippen LogP contribution in [-0.2, 0) is 23.4 Å². The maximum Gasteiger partial charge on any atom is 0.459 e. The Labute approximate surface area is 212 Å². The highest BCUT2D eigenvalue weighted by atomic mass is 35.5. The highest BCUT2D eigenvalue weighted by Gasteiger charge is 2.54. The number of aromatic amines is 1. The molecule has 1 fully saturated rings. The van der Waals surface area contributed by atoms with E-state index < -0.39 is 60.3 Å². The summed E-state index contributed by atoms with van der Waals surface area (Å²) in [6.07, 6.45) is -2.54. The molecule has 0 spiro atoms. The summed E-state index contributed by atoms with van der Waals surface area (Å²) < 4.78 is 35.3. The highest BCUT2D eigenvalue weighted by molar-refractivity contribution is 7.52. The van der Waals surface area contributed by atoms with Crippen molar-refractivity contribution in [2.45, 2.75) is 49.5 Å². The minimum atomic E-state index is -4.27. The van der Waals surface area contributed by atoms with Crippen LogP contribution in [-0.4, -0.2) is 64.2 Å². The number of hydrogen-bond acceptors (Lipinski definition) is 9. The monoisotopic (exact) mass is 543 g/mol. The Balaban J connectivity index is 1.84. The van der Waals surface area contributed by atoms with Crippen LogP contribution in [0, 0.1) is 0 Å². The maximum atomic E-state index is 13.7. The lowest BCUT2D eigenvalue weighted by atomic mass is 9.79. The average Bonchev–Trinajstić information content (AvgIpc) is 3.01. The summed E-state index contributed by atoms with van der Waals surface area (Å²) >= 11 is 6.53. The molecule has 3 rings (SSSR count). The fourth-order valence-corrected chi connectivity index (χ4v) is 5.51. The van der Waals surface area contributed by atoms with Gasteiger partial charge in [-0.15, -0.1) is 11.6 Å². The zero-order chi connectivity index (χ0) is 26.7. The molecule has 15 heteroatoms. The summed E-state index contributed by atoms with van der Waals surface area (Å²) in [7, 11) is -2.82. The molecule has 0 aliphatic carbocycles. The number of nitrogens with zero attached hydrogens (tertiary/aromatic N) is 1. The lowest BCUT2D eigenvalue weighted by molar-refractivity contribution is -0.149. The third kappa shape index (κ3) is 6.29. The number of esters is 1. The van der Waals surface area contributed by atoms with E-state index in [1.54, 1.807) is 37.3 Å². The van der Waals surface area contributed by atoms with Crippen molar-refractivity contribution >= 4 is 33.2 Å². The Hall–Kier alpha value is -2.41. The molecule has 0 radical (unpaired) electrons. The van der Waals surface area contributed by atoms with Crippen molar-refractivity contribution in [3.05, 3.63) is 63.4 Å². The van der Waals surface area contributed by atoms with Crippen LogP contribution in [0.25, 0.3) is 0 Å². The molecule has 1 aliphatic heterocycles. The lowest BCUT2D eigenvalue weighted by Crippen LogP contribution is -2.47. The molecule has 0 saturated carbocycles. The Morgan fingerprint density at radius 3 is 2.61 bits per heavy atom. The number of para-hydroxylation sites is 1. The van der Waals surface area contributed by atoms with Gasteiger partial charge in [0.05, 0.1) is 24.1 Å². The summed E-state index contributed by atoms with van der Waals surface area (Å²) in [5.74, 6) is -0.491. The molecule has 0 bridgehead atoms. The van der Waals surface area contributed by atoms with Gasteiger partial charge in [0.25, 0.3) is 5.56 Å². The summed E-state index contributed by atoms with van der Waals surface area (Å²) in [6, 6.07) is 9.25. The average molecular weight is 544 g/mol. The van der Waals surface area contributed by atoms with E-state index in [-0.39, 0.29) is 12.4 Å². The van der Waals surface area contributed by atoms with Crippen molar-refractivity contribution < 1.29 is 33.0 Å². The third-order valence-electron chi connectivity index (χ3n) is 5.40. The number of H-pyrrole nitrogens is 1. The second kappa shape index (κ2) is 10.9. The molecule has 2 aromatic rings. The fourth-order valence-electron chi connectivity index (χ4n) is 3.54. The molecule has 3 N–H and O–H groups in total. The van der Waals surface area contributed by atoms with Gasteiger partial charge in [-0.3, -0.25) is 23.7 Å². The number of carbonyl (C=O) groups is 1. The van der Waals surface area contributed by atoms with Gasteiger partial charge in [-0.25, -0.2) is 9.36 Å². The predicted octanol–water partition coefficient (Wildman–Crippen LogP) is 0.498. The van der Waals surface area contributed by atoms with Gasteiger partial charge in [0.15, 0.2) is 6.23 Å². The van der Waals surface area contributed by atoms with Gasteiger partial charge in [0.2, 0.25) is 0 Å². The lowest BCUT2D eigenvalue weighted by Gasteiger charge is -2.30. The number of benzene rings is 1. The Bertz CT molecular complexity index is 1240. The van der Waals surface area contributed by atoms with Crippen LogP contribution < -0.4 is 20.9 Å². The number of rotatable bonds is 10.